The number of nitrogens with zero attached hydrogens (tertiary/aromatic N) is 9. The Labute approximate surface area is 873 Å². The van der Waals surface area contributed by atoms with Gasteiger partial charge >= 0.3 is 23.9 Å². The van der Waals surface area contributed by atoms with E-state index in [4.69, 9.17) is 114 Å². The van der Waals surface area contributed by atoms with Crippen LogP contribution in [0, 0.1) is 0 Å². The lowest BCUT2D eigenvalue weighted by Gasteiger charge is -2.37. The first-order valence-electron chi connectivity index (χ1n) is 45.3. The van der Waals surface area contributed by atoms with E-state index in [1.54, 1.807) is 105 Å². The highest BCUT2D eigenvalue weighted by molar-refractivity contribution is 7.08. The summed E-state index contributed by atoms with van der Waals surface area (Å²) in [6.07, 6.45) is -14.8. The normalized spacial score (nSPS) is 15.5. The van der Waals surface area contributed by atoms with Crippen LogP contribution in [0.25, 0.3) is 10.4 Å². The van der Waals surface area contributed by atoms with Crippen molar-refractivity contribution in [3.63, 3.8) is 0 Å². The number of carboxylic acid groups (broad SMARTS) is 1. The van der Waals surface area contributed by atoms with Gasteiger partial charge in [-0.1, -0.05) is 5.11 Å². The fraction of sp³-hybridized carbons (Fsp3) is 0.685. The minimum Gasteiger partial charge on any atom is -0.478 e. The third-order valence-corrected chi connectivity index (χ3v) is 17.9. The SMILES string of the molecule is CC(C)(C)OC(=O)CNc1ccc(C(=O)NCCOCCOCCOCCN)cn1.CC(C)(C)OC(=O)CNc1ccc(C(=O)NCCOCCOCCOCCN=[N+]=[N-])cn1.CC(C)(C)OC(=O)CNc1ccc(C(=O)O)cn1.CC(C)=NCc1ccc(C(=O)CCCOCCOCCOCCN(CC(O)C(O)C(O)C(O)CO)CC(O)C(O)C(O)C(O)CO)cn1.O.O.O.OCC1OC(O)C(O)C(O)C1O.OP.P.P.P. The Balaban J connectivity index is -0.000000351. The molecule has 0 spiro atoms. The molecule has 0 aromatic carbocycles. The molecule has 55 nitrogen and oxygen atoms in total. The maximum absolute atomic E-state index is 12.3. The van der Waals surface area contributed by atoms with Crippen LogP contribution in [0.3, 0.4) is 0 Å². The lowest BCUT2D eigenvalue weighted by Crippen LogP contribution is -2.58. The number of aliphatic hydroxyl groups excluding tert-OH is 15. The molecule has 148 heavy (non-hydrogen) atoms. The first kappa shape index (κ1) is 153. The van der Waals surface area contributed by atoms with Crippen molar-refractivity contribution in [2.45, 2.75) is 192 Å². The number of carbonyl (C=O) groups is 7. The van der Waals surface area contributed by atoms with Crippen molar-refractivity contribution >= 4 is 104 Å². The Morgan fingerprint density at radius 1 is 0.473 bits per heavy atom. The number of pyridine rings is 4. The highest BCUT2D eigenvalue weighted by Gasteiger charge is 2.43. The monoisotopic (exact) mass is 2210 g/mol. The van der Waals surface area contributed by atoms with Crippen molar-refractivity contribution in [1.29, 1.82) is 0 Å². The van der Waals surface area contributed by atoms with Crippen LogP contribution in [0.5, 0.6) is 0 Å². The van der Waals surface area contributed by atoms with E-state index in [2.05, 4.69) is 66.3 Å². The minimum atomic E-state index is -1.87. The molecule has 30 N–H and O–H groups in total. The summed E-state index contributed by atoms with van der Waals surface area (Å²) in [5.74, 6) is -1.37. The quantitative estimate of drug-likeness (QED) is 0.00226. The summed E-state index contributed by atoms with van der Waals surface area (Å²) in [7, 11) is 1.42. The summed E-state index contributed by atoms with van der Waals surface area (Å²) in [5.41, 5.74) is 15.0. The van der Waals surface area contributed by atoms with Crippen LogP contribution in [-0.4, -0.2) is 476 Å². The molecule has 1 aliphatic rings. The van der Waals surface area contributed by atoms with Crippen LogP contribution >= 0.6 is 39.2 Å². The number of ether oxygens (including phenoxy) is 13. The van der Waals surface area contributed by atoms with Gasteiger partial charge in [-0.25, -0.2) is 19.7 Å². The molecular weight excluding hydrogens is 2040 g/mol. The van der Waals surface area contributed by atoms with Crippen LogP contribution in [0.1, 0.15) is 136 Å². The van der Waals surface area contributed by atoms with E-state index >= 15 is 0 Å². The molecular formula is C89H167N15O40P4. The number of azide groups is 1. The summed E-state index contributed by atoms with van der Waals surface area (Å²) in [4.78, 5) is 114. The molecule has 17 unspecified atom stereocenters. The number of nitrogens with one attached hydrogen (secondary N) is 5. The van der Waals surface area contributed by atoms with Gasteiger partial charge in [0.2, 0.25) is 0 Å². The molecule has 17 atom stereocenters. The molecule has 5 heterocycles. The van der Waals surface area contributed by atoms with E-state index in [-0.39, 0.29) is 147 Å². The molecule has 5 rings (SSSR count). The van der Waals surface area contributed by atoms with Crippen molar-refractivity contribution in [3.05, 3.63) is 112 Å². The number of hydrogen-bond donors (Lipinski definition) is 23. The Morgan fingerprint density at radius 3 is 1.15 bits per heavy atom. The molecule has 0 aliphatic carbocycles. The lowest BCUT2D eigenvalue weighted by atomic mass is 10.00. The number of aromatic nitrogens is 4. The van der Waals surface area contributed by atoms with Crippen molar-refractivity contribution in [3.8, 4) is 0 Å². The first-order chi connectivity index (χ1) is 67.3. The molecule has 858 valence electrons. The number of aliphatic hydroxyl groups is 15. The second kappa shape index (κ2) is 90.5. The van der Waals surface area contributed by atoms with Crippen LogP contribution in [-0.2, 0) is 82.5 Å². The van der Waals surface area contributed by atoms with E-state index < -0.39 is 128 Å². The molecule has 0 bridgehead atoms. The average molecular weight is 2210 g/mol. The minimum absolute atomic E-state index is 0. The molecule has 4 aromatic heterocycles. The number of hydrogen-bond acceptors (Lipinski definition) is 47. The van der Waals surface area contributed by atoms with E-state index in [0.717, 1.165) is 11.4 Å². The van der Waals surface area contributed by atoms with Crippen molar-refractivity contribution in [2.75, 3.05) is 220 Å². The molecule has 0 radical (unpaired) electrons. The number of nitrogens with two attached hydrogens (primary N) is 1. The second-order valence-corrected chi connectivity index (χ2v) is 33.6. The molecule has 4 aromatic rings. The van der Waals surface area contributed by atoms with E-state index in [1.165, 1.54) is 45.1 Å². The Morgan fingerprint density at radius 2 is 0.818 bits per heavy atom. The van der Waals surface area contributed by atoms with Gasteiger partial charge < -0.3 is 197 Å². The fourth-order valence-electron chi connectivity index (χ4n) is 10.9. The van der Waals surface area contributed by atoms with Gasteiger partial charge in [-0.2, -0.15) is 29.7 Å². The second-order valence-electron chi connectivity index (χ2n) is 33.6. The van der Waals surface area contributed by atoms with Crippen molar-refractivity contribution < 1.29 is 198 Å². The largest absolute Gasteiger partial charge is 0.478 e. The maximum Gasteiger partial charge on any atom is 0.337 e. The van der Waals surface area contributed by atoms with Gasteiger partial charge in [-0.05, 0) is 146 Å². The standard InChI is InChI=1S/C31H55N3O14.C20H32N6O6.C20H34N4O6.C12H16N2O4.C6H12O6.H3OP.3H2O.3H3P/c1-20(2)32-15-22-6-5-21(14-33-22)23(37)4-3-8-46-10-12-48-13-11-47-9-7-34(16-24(38)28(42)30(44)26(40)18-35)17-25(39)29(43)31(45)27(41)19-36;1-20(2,3)32-18(27)15-24-17-5-4-16(14-23-17)19(28)22-6-8-29-10-12-31-13-11-30-9-7-25-26-21;1-20(2,3)30-18(25)15-24-17-5-4-16(14-23-17)19(26)22-7-9-28-11-13-29-12-10-27-8-6-21;1-12(2,3)18-10(15)7-14-9-5-4-8(6-13-9)11(16)17;7-1-2-3(8)4(9)5(10)6(11)12-2;1-2;;;;;;/h5-6,14,24-31,35-36,38-45H,3-4,7-13,15-19H2,1-2H3;4-5,14H,6-13,15H2,1-3H3,(H,22,28)(H,23,24);4-5,14H,6-13,15,21H2,1-3H3,(H,22,26)(H,23,24);4-6H,7H2,1-3H3,(H,13,14)(H,16,17);2-11H,1H2;1H,2H2;3*1H2;3*1H3. The number of aromatic carboxylic acids is 1. The predicted octanol–water partition coefficient (Wildman–Crippen LogP) is -5.47. The number of esters is 3. The highest BCUT2D eigenvalue weighted by Crippen LogP contribution is 2.21. The number of rotatable bonds is 64. The van der Waals surface area contributed by atoms with E-state index in [9.17, 15) is 74.4 Å². The van der Waals surface area contributed by atoms with Gasteiger partial charge in [-0.3, -0.25) is 43.6 Å². The maximum atomic E-state index is 12.3. The summed E-state index contributed by atoms with van der Waals surface area (Å²) in [5, 5.41) is 169. The number of anilines is 3. The zero-order valence-corrected chi connectivity index (χ0v) is 91.4. The first-order valence-corrected chi connectivity index (χ1v) is 45.9. The molecule has 1 saturated heterocycles. The summed E-state index contributed by atoms with van der Waals surface area (Å²) in [6.45, 7) is 25.5. The van der Waals surface area contributed by atoms with E-state index in [1.807, 2.05) is 13.8 Å². The number of aliphatic imine (C=N–C) groups is 1. The van der Waals surface area contributed by atoms with Crippen molar-refractivity contribution in [2.24, 2.45) is 15.8 Å². The Bertz CT molecular complexity index is 4080. The third kappa shape index (κ3) is 76.5. The molecule has 1 fully saturated rings. The molecule has 0 saturated carbocycles. The smallest absolute Gasteiger partial charge is 0.337 e. The van der Waals surface area contributed by atoms with Gasteiger partial charge in [0.25, 0.3) is 11.8 Å². The molecule has 1 aliphatic heterocycles. The predicted molar refractivity (Wildman–Crippen MR) is 559 cm³/mol. The Kier molecular flexibility index (Phi) is 93.5. The highest BCUT2D eigenvalue weighted by atomic mass is 31.0. The van der Waals surface area contributed by atoms with Gasteiger partial charge in [0.05, 0.1) is 173 Å². The lowest BCUT2D eigenvalue weighted by molar-refractivity contribution is -0.286. The van der Waals surface area contributed by atoms with Gasteiger partial charge in [0, 0.05) is 99.8 Å². The Hall–Kier alpha value is -8.05. The van der Waals surface area contributed by atoms with Crippen molar-refractivity contribution in [1.82, 2.24) is 35.5 Å². The van der Waals surface area contributed by atoms with E-state index in [0.29, 0.717) is 172 Å². The third-order valence-electron chi connectivity index (χ3n) is 17.9. The zero-order chi connectivity index (χ0) is 107. The number of carbonyl (C=O) groups excluding carboxylic acids is 6. The molecule has 2 amide bonds. The molecule has 59 heteroatoms. The van der Waals surface area contributed by atoms with Crippen LogP contribution < -0.4 is 32.3 Å². The number of ketones is 1. The zero-order valence-electron chi connectivity index (χ0n) is 86.0. The van der Waals surface area contributed by atoms with Crippen LogP contribution in [0.4, 0.5) is 17.5 Å². The fourth-order valence-corrected chi connectivity index (χ4v) is 10.9. The van der Waals surface area contributed by atoms with Crippen LogP contribution in [0.15, 0.2) is 83.4 Å². The van der Waals surface area contributed by atoms with Gasteiger partial charge in [0.15, 0.2) is 12.1 Å². The topological polar surface area (TPSA) is 880 Å². The number of amides is 2. The summed E-state index contributed by atoms with van der Waals surface area (Å²) in [6, 6.07) is 12.9. The van der Waals surface area contributed by atoms with Gasteiger partial charge in [-0.15, -0.1) is 0 Å². The number of Topliss-reactive ketones (excluding diaryl/α,β-unsaturated/α-hetero) is 1. The number of carboxylic acids is 1. The summed E-state index contributed by atoms with van der Waals surface area (Å²) < 4.78 is 68.3. The van der Waals surface area contributed by atoms with Crippen LogP contribution in [0.2, 0.25) is 0 Å². The summed E-state index contributed by atoms with van der Waals surface area (Å²) >= 11 is 0. The average Bonchev–Trinajstić information content (AvgIpc) is 0.824. The van der Waals surface area contributed by atoms with Gasteiger partial charge in [0.1, 0.15) is 115 Å².